The molecule has 1 aromatic rings. The molecule has 0 unspecified atom stereocenters. The predicted octanol–water partition coefficient (Wildman–Crippen LogP) is 2.57. The fourth-order valence-corrected chi connectivity index (χ4v) is 2.52. The van der Waals surface area contributed by atoms with Gasteiger partial charge in [0.25, 0.3) is 0 Å². The molecule has 0 aromatic carbocycles. The van der Waals surface area contributed by atoms with Crippen LogP contribution in [0.2, 0.25) is 0 Å². The van der Waals surface area contributed by atoms with Gasteiger partial charge >= 0.3 is 5.97 Å². The van der Waals surface area contributed by atoms with E-state index >= 15 is 0 Å². The molecular weight excluding hydrogens is 268 g/mol. The van der Waals surface area contributed by atoms with Gasteiger partial charge in [0, 0.05) is 11.4 Å². The Morgan fingerprint density at radius 2 is 2.39 bits per heavy atom. The van der Waals surface area contributed by atoms with Crippen LogP contribution >= 0.6 is 23.6 Å². The van der Waals surface area contributed by atoms with Crippen molar-refractivity contribution in [3.05, 3.63) is 29.2 Å². The lowest BCUT2D eigenvalue weighted by molar-refractivity contribution is 0.0602. The maximum Gasteiger partial charge on any atom is 0.340 e. The van der Waals surface area contributed by atoms with Crippen LogP contribution in [0, 0.1) is 0 Å². The van der Waals surface area contributed by atoms with Crippen LogP contribution in [-0.2, 0) is 11.2 Å². The minimum absolute atomic E-state index is 0.361. The van der Waals surface area contributed by atoms with Crippen LogP contribution in [0.15, 0.2) is 18.7 Å². The number of carbonyl (C=O) groups is 1. The van der Waals surface area contributed by atoms with Crippen molar-refractivity contribution < 1.29 is 9.53 Å². The van der Waals surface area contributed by atoms with Crippen LogP contribution in [0.1, 0.15) is 22.2 Å². The maximum atomic E-state index is 11.6. The molecule has 2 N–H and O–H groups in total. The highest BCUT2D eigenvalue weighted by Crippen LogP contribution is 2.29. The normalized spacial score (nSPS) is 9.67. The number of anilines is 1. The molecule has 1 heterocycles. The standard InChI is InChI=1S/C12H16N2O2S2/c1-4-6-13-12(17)14-10-9(11(15)16-3)7-8(5-2)18-10/h4,7H,1,5-6H2,2-3H3,(H2,13,14,17). The van der Waals surface area contributed by atoms with E-state index in [1.54, 1.807) is 6.08 Å². The Hall–Kier alpha value is -1.40. The number of rotatable bonds is 5. The first-order valence-corrected chi connectivity index (χ1v) is 6.71. The summed E-state index contributed by atoms with van der Waals surface area (Å²) in [7, 11) is 1.36. The summed E-state index contributed by atoms with van der Waals surface area (Å²) in [6.07, 6.45) is 2.57. The number of hydrogen-bond acceptors (Lipinski definition) is 4. The zero-order chi connectivity index (χ0) is 13.5. The number of carbonyl (C=O) groups excluding carboxylic acids is 1. The molecule has 0 aliphatic rings. The molecule has 1 aromatic heterocycles. The molecule has 0 saturated heterocycles. The van der Waals surface area contributed by atoms with Crippen molar-refractivity contribution in [1.29, 1.82) is 0 Å². The Morgan fingerprint density at radius 1 is 1.67 bits per heavy atom. The van der Waals surface area contributed by atoms with Gasteiger partial charge in [0.2, 0.25) is 0 Å². The third-order valence-electron chi connectivity index (χ3n) is 2.17. The lowest BCUT2D eigenvalue weighted by Gasteiger charge is -2.08. The van der Waals surface area contributed by atoms with Crippen LogP contribution in [0.25, 0.3) is 0 Å². The molecule has 0 atom stereocenters. The maximum absolute atomic E-state index is 11.6. The van der Waals surface area contributed by atoms with E-state index in [2.05, 4.69) is 17.2 Å². The highest BCUT2D eigenvalue weighted by molar-refractivity contribution is 7.80. The summed E-state index contributed by atoms with van der Waals surface area (Å²) in [6, 6.07) is 1.83. The fourth-order valence-electron chi connectivity index (χ4n) is 1.28. The van der Waals surface area contributed by atoms with Crippen LogP contribution in [0.5, 0.6) is 0 Å². The minimum atomic E-state index is -0.361. The zero-order valence-electron chi connectivity index (χ0n) is 10.4. The SMILES string of the molecule is C=CCNC(=S)Nc1sc(CC)cc1C(=O)OC. The topological polar surface area (TPSA) is 50.4 Å². The fraction of sp³-hybridized carbons (Fsp3) is 0.333. The average Bonchev–Trinajstić information content (AvgIpc) is 2.78. The van der Waals surface area contributed by atoms with Gasteiger partial charge in [-0.3, -0.25) is 0 Å². The van der Waals surface area contributed by atoms with Crippen molar-refractivity contribution in [2.45, 2.75) is 13.3 Å². The summed E-state index contributed by atoms with van der Waals surface area (Å²) >= 11 is 6.61. The molecule has 0 saturated carbocycles. The molecule has 0 amide bonds. The molecule has 0 aliphatic carbocycles. The second-order valence-corrected chi connectivity index (χ2v) is 4.97. The van der Waals surface area contributed by atoms with Crippen molar-refractivity contribution in [1.82, 2.24) is 5.32 Å². The Morgan fingerprint density at radius 3 is 2.94 bits per heavy atom. The predicted molar refractivity (Wildman–Crippen MR) is 79.5 cm³/mol. The number of thiocarbonyl (C=S) groups is 1. The Balaban J connectivity index is 2.85. The van der Waals surface area contributed by atoms with Crippen LogP contribution in [0.4, 0.5) is 5.00 Å². The van der Waals surface area contributed by atoms with E-state index in [4.69, 9.17) is 17.0 Å². The number of methoxy groups -OCH3 is 1. The smallest absolute Gasteiger partial charge is 0.340 e. The highest BCUT2D eigenvalue weighted by Gasteiger charge is 2.16. The quantitative estimate of drug-likeness (QED) is 0.494. The van der Waals surface area contributed by atoms with Crippen molar-refractivity contribution in [3.8, 4) is 0 Å². The summed E-state index contributed by atoms with van der Waals surface area (Å²) in [5, 5.41) is 7.13. The number of ether oxygens (including phenoxy) is 1. The molecule has 98 valence electrons. The summed E-state index contributed by atoms with van der Waals surface area (Å²) in [4.78, 5) is 12.7. The van der Waals surface area contributed by atoms with Crippen LogP contribution in [0.3, 0.4) is 0 Å². The van der Waals surface area contributed by atoms with Crippen molar-refractivity contribution in [2.24, 2.45) is 0 Å². The number of esters is 1. The van der Waals surface area contributed by atoms with Gasteiger partial charge < -0.3 is 15.4 Å². The molecule has 6 heteroatoms. The number of hydrogen-bond donors (Lipinski definition) is 2. The monoisotopic (exact) mass is 284 g/mol. The van der Waals surface area contributed by atoms with Gasteiger partial charge in [-0.25, -0.2) is 4.79 Å². The summed E-state index contributed by atoms with van der Waals surface area (Å²) in [6.45, 7) is 6.20. The molecule has 0 bridgehead atoms. The van der Waals surface area contributed by atoms with Crippen molar-refractivity contribution >= 4 is 39.6 Å². The Kier molecular flexibility index (Phi) is 5.80. The summed E-state index contributed by atoms with van der Waals surface area (Å²) < 4.78 is 4.75. The molecule has 1 rings (SSSR count). The van der Waals surface area contributed by atoms with Gasteiger partial charge in [-0.05, 0) is 24.7 Å². The van der Waals surface area contributed by atoms with E-state index < -0.39 is 0 Å². The number of aryl methyl sites for hydroxylation is 1. The third-order valence-corrected chi connectivity index (χ3v) is 3.61. The van der Waals surface area contributed by atoms with E-state index in [1.807, 2.05) is 13.0 Å². The van der Waals surface area contributed by atoms with Crippen LogP contribution < -0.4 is 10.6 Å². The first-order valence-electron chi connectivity index (χ1n) is 5.49. The highest BCUT2D eigenvalue weighted by atomic mass is 32.1. The zero-order valence-corrected chi connectivity index (χ0v) is 12.0. The first kappa shape index (κ1) is 14.7. The molecule has 0 spiro atoms. The van der Waals surface area contributed by atoms with E-state index in [-0.39, 0.29) is 5.97 Å². The van der Waals surface area contributed by atoms with Gasteiger partial charge in [-0.15, -0.1) is 17.9 Å². The Labute approximate surface area is 116 Å². The van der Waals surface area contributed by atoms with E-state index in [9.17, 15) is 4.79 Å². The summed E-state index contributed by atoms with van der Waals surface area (Å²) in [5.74, 6) is -0.361. The lowest BCUT2D eigenvalue weighted by atomic mass is 10.2. The third kappa shape index (κ3) is 3.82. The van der Waals surface area contributed by atoms with E-state index in [0.29, 0.717) is 22.2 Å². The van der Waals surface area contributed by atoms with Crippen LogP contribution in [-0.4, -0.2) is 24.7 Å². The van der Waals surface area contributed by atoms with Gasteiger partial charge in [-0.2, -0.15) is 0 Å². The largest absolute Gasteiger partial charge is 0.465 e. The second kappa shape index (κ2) is 7.13. The van der Waals surface area contributed by atoms with Crippen molar-refractivity contribution in [2.75, 3.05) is 19.0 Å². The van der Waals surface area contributed by atoms with E-state index in [1.165, 1.54) is 18.4 Å². The van der Waals surface area contributed by atoms with Gasteiger partial charge in [-0.1, -0.05) is 13.0 Å². The molecule has 4 nitrogen and oxygen atoms in total. The molecule has 18 heavy (non-hydrogen) atoms. The summed E-state index contributed by atoms with van der Waals surface area (Å²) in [5.41, 5.74) is 0.516. The second-order valence-electron chi connectivity index (χ2n) is 3.42. The molecule has 0 aliphatic heterocycles. The van der Waals surface area contributed by atoms with Crippen molar-refractivity contribution in [3.63, 3.8) is 0 Å². The number of thiophene rings is 1. The molecule has 0 fully saturated rings. The lowest BCUT2D eigenvalue weighted by Crippen LogP contribution is -2.28. The number of nitrogens with one attached hydrogen (secondary N) is 2. The van der Waals surface area contributed by atoms with E-state index in [0.717, 1.165) is 11.3 Å². The van der Waals surface area contributed by atoms with Gasteiger partial charge in [0.15, 0.2) is 5.11 Å². The van der Waals surface area contributed by atoms with Gasteiger partial charge in [0.1, 0.15) is 5.00 Å². The first-order chi connectivity index (χ1) is 8.62. The van der Waals surface area contributed by atoms with Gasteiger partial charge in [0.05, 0.1) is 12.7 Å². The minimum Gasteiger partial charge on any atom is -0.465 e. The Bertz CT molecular complexity index is 455. The average molecular weight is 284 g/mol. The molecule has 0 radical (unpaired) electrons. The molecular formula is C12H16N2O2S2.